The molecule has 1 N–H and O–H groups in total. The van der Waals surface area contributed by atoms with Gasteiger partial charge >= 0.3 is 0 Å². The molecule has 0 aromatic carbocycles. The van der Waals surface area contributed by atoms with E-state index >= 15 is 0 Å². The van der Waals surface area contributed by atoms with Crippen molar-refractivity contribution in [2.24, 2.45) is 5.92 Å². The number of nitrogens with zero attached hydrogens (tertiary/aromatic N) is 1. The van der Waals surface area contributed by atoms with Crippen molar-refractivity contribution in [2.45, 2.75) is 38.8 Å². The van der Waals surface area contributed by atoms with E-state index in [-0.39, 0.29) is 0 Å². The van der Waals surface area contributed by atoms with Crippen molar-refractivity contribution in [2.75, 3.05) is 40.6 Å². The van der Waals surface area contributed by atoms with Crippen molar-refractivity contribution in [1.82, 2.24) is 10.2 Å². The van der Waals surface area contributed by atoms with Crippen LogP contribution in [-0.4, -0.2) is 57.6 Å². The van der Waals surface area contributed by atoms with Crippen LogP contribution in [0.15, 0.2) is 0 Å². The topological polar surface area (TPSA) is 33.7 Å². The fraction of sp³-hybridized carbons (Fsp3) is 1.00. The lowest BCUT2D eigenvalue weighted by molar-refractivity contribution is -0.137. The maximum atomic E-state index is 5.54. The van der Waals surface area contributed by atoms with Gasteiger partial charge in [-0.1, -0.05) is 13.8 Å². The predicted molar refractivity (Wildman–Crippen MR) is 70.1 cm³/mol. The maximum Gasteiger partial charge on any atom is 0.147 e. The summed E-state index contributed by atoms with van der Waals surface area (Å²) < 4.78 is 10.7. The highest BCUT2D eigenvalue weighted by atomic mass is 16.7. The van der Waals surface area contributed by atoms with Crippen LogP contribution >= 0.6 is 0 Å². The molecule has 0 aromatic rings. The lowest BCUT2D eigenvalue weighted by Gasteiger charge is -2.28. The second kappa shape index (κ2) is 8.03. The molecule has 1 heterocycles. The van der Waals surface area contributed by atoms with E-state index in [4.69, 9.17) is 9.47 Å². The zero-order valence-corrected chi connectivity index (χ0v) is 11.7. The van der Waals surface area contributed by atoms with Crippen molar-refractivity contribution in [3.05, 3.63) is 0 Å². The van der Waals surface area contributed by atoms with E-state index in [2.05, 4.69) is 38.2 Å². The minimum atomic E-state index is 0.320. The van der Waals surface area contributed by atoms with Crippen molar-refractivity contribution in [1.29, 1.82) is 0 Å². The van der Waals surface area contributed by atoms with E-state index in [1.165, 1.54) is 6.42 Å². The average molecular weight is 244 g/mol. The van der Waals surface area contributed by atoms with Crippen LogP contribution in [0, 0.1) is 5.92 Å². The molecule has 1 aliphatic rings. The molecule has 0 spiro atoms. The summed E-state index contributed by atoms with van der Waals surface area (Å²) in [5, 5.41) is 3.63. The zero-order chi connectivity index (χ0) is 12.7. The second-order valence-corrected chi connectivity index (χ2v) is 5.60. The molecule has 4 nitrogen and oxygen atoms in total. The Bertz CT molecular complexity index is 182. The molecule has 1 fully saturated rings. The SMILES string of the molecule is CC(C)CC(CN(C)C)NCC1CCOCO1. The van der Waals surface area contributed by atoms with Gasteiger partial charge in [0.2, 0.25) is 0 Å². The third-order valence-electron chi connectivity index (χ3n) is 2.95. The van der Waals surface area contributed by atoms with Crippen LogP contribution in [0.5, 0.6) is 0 Å². The molecule has 0 radical (unpaired) electrons. The quantitative estimate of drug-likeness (QED) is 0.732. The molecule has 0 amide bonds. The van der Waals surface area contributed by atoms with E-state index in [0.29, 0.717) is 18.9 Å². The van der Waals surface area contributed by atoms with Crippen LogP contribution < -0.4 is 5.32 Å². The molecule has 1 rings (SSSR count). The van der Waals surface area contributed by atoms with Gasteiger partial charge in [0.15, 0.2) is 0 Å². The number of nitrogens with one attached hydrogen (secondary N) is 1. The highest BCUT2D eigenvalue weighted by Crippen LogP contribution is 2.08. The van der Waals surface area contributed by atoms with Gasteiger partial charge in [0.25, 0.3) is 0 Å². The first-order valence-corrected chi connectivity index (χ1v) is 6.65. The van der Waals surface area contributed by atoms with Crippen LogP contribution in [0.25, 0.3) is 0 Å². The Labute approximate surface area is 106 Å². The molecule has 2 unspecified atom stereocenters. The molecule has 102 valence electrons. The third-order valence-corrected chi connectivity index (χ3v) is 2.95. The Morgan fingerprint density at radius 3 is 2.65 bits per heavy atom. The summed E-state index contributed by atoms with van der Waals surface area (Å²) in [6.45, 7) is 7.85. The van der Waals surface area contributed by atoms with Crippen molar-refractivity contribution < 1.29 is 9.47 Å². The number of hydrogen-bond donors (Lipinski definition) is 1. The molecular weight excluding hydrogens is 216 g/mol. The minimum Gasteiger partial charge on any atom is -0.355 e. The monoisotopic (exact) mass is 244 g/mol. The number of hydrogen-bond acceptors (Lipinski definition) is 4. The van der Waals surface area contributed by atoms with Crippen LogP contribution in [0.3, 0.4) is 0 Å². The average Bonchev–Trinajstić information content (AvgIpc) is 2.26. The lowest BCUT2D eigenvalue weighted by atomic mass is 10.0. The molecule has 1 aliphatic heterocycles. The van der Waals surface area contributed by atoms with Crippen LogP contribution in [0.1, 0.15) is 26.7 Å². The molecular formula is C13H28N2O2. The van der Waals surface area contributed by atoms with Crippen LogP contribution in [0.4, 0.5) is 0 Å². The van der Waals surface area contributed by atoms with E-state index in [1.54, 1.807) is 0 Å². The third kappa shape index (κ3) is 6.99. The summed E-state index contributed by atoms with van der Waals surface area (Å²) in [4.78, 5) is 2.24. The lowest BCUT2D eigenvalue weighted by Crippen LogP contribution is -2.44. The molecule has 0 saturated carbocycles. The molecule has 0 aromatic heterocycles. The molecule has 1 saturated heterocycles. The fourth-order valence-corrected chi connectivity index (χ4v) is 2.19. The Hall–Kier alpha value is -0.160. The summed E-state index contributed by atoms with van der Waals surface area (Å²) in [5.41, 5.74) is 0. The Morgan fingerprint density at radius 1 is 1.35 bits per heavy atom. The van der Waals surface area contributed by atoms with Crippen LogP contribution in [0.2, 0.25) is 0 Å². The second-order valence-electron chi connectivity index (χ2n) is 5.60. The number of rotatable bonds is 7. The standard InChI is InChI=1S/C13H28N2O2/c1-11(2)7-12(9-15(3)4)14-8-13-5-6-16-10-17-13/h11-14H,5-10H2,1-4H3. The molecule has 0 bridgehead atoms. The van der Waals surface area contributed by atoms with Crippen molar-refractivity contribution in [3.8, 4) is 0 Å². The highest BCUT2D eigenvalue weighted by molar-refractivity contribution is 4.74. The Balaban J connectivity index is 2.26. The van der Waals surface area contributed by atoms with Gasteiger partial charge in [-0.2, -0.15) is 0 Å². The van der Waals surface area contributed by atoms with Gasteiger partial charge in [0.1, 0.15) is 6.79 Å². The zero-order valence-electron chi connectivity index (χ0n) is 11.7. The van der Waals surface area contributed by atoms with E-state index in [9.17, 15) is 0 Å². The summed E-state index contributed by atoms with van der Waals surface area (Å²) in [6.07, 6.45) is 2.53. The van der Waals surface area contributed by atoms with Crippen LogP contribution in [-0.2, 0) is 9.47 Å². The van der Waals surface area contributed by atoms with Gasteiger partial charge in [-0.05, 0) is 32.9 Å². The van der Waals surface area contributed by atoms with Crippen molar-refractivity contribution in [3.63, 3.8) is 0 Å². The van der Waals surface area contributed by atoms with E-state index in [1.807, 2.05) is 0 Å². The normalized spacial score (nSPS) is 23.3. The largest absolute Gasteiger partial charge is 0.355 e. The first kappa shape index (κ1) is 14.9. The highest BCUT2D eigenvalue weighted by Gasteiger charge is 2.17. The van der Waals surface area contributed by atoms with Crippen molar-refractivity contribution >= 4 is 0 Å². The molecule has 4 heteroatoms. The summed E-state index contributed by atoms with van der Waals surface area (Å²) in [7, 11) is 4.25. The summed E-state index contributed by atoms with van der Waals surface area (Å²) in [5.74, 6) is 0.725. The summed E-state index contributed by atoms with van der Waals surface area (Å²) in [6, 6.07) is 0.552. The minimum absolute atomic E-state index is 0.320. The Kier molecular flexibility index (Phi) is 7.04. The van der Waals surface area contributed by atoms with E-state index < -0.39 is 0 Å². The summed E-state index contributed by atoms with van der Waals surface area (Å²) >= 11 is 0. The first-order valence-electron chi connectivity index (χ1n) is 6.65. The van der Waals surface area contributed by atoms with Gasteiger partial charge in [-0.15, -0.1) is 0 Å². The van der Waals surface area contributed by atoms with Gasteiger partial charge < -0.3 is 19.7 Å². The predicted octanol–water partition coefficient (Wildman–Crippen LogP) is 1.32. The Morgan fingerprint density at radius 2 is 2.12 bits per heavy atom. The van der Waals surface area contributed by atoms with Gasteiger partial charge in [0, 0.05) is 19.1 Å². The molecule has 0 aliphatic carbocycles. The first-order chi connectivity index (χ1) is 8.08. The van der Waals surface area contributed by atoms with E-state index in [0.717, 1.165) is 32.0 Å². The maximum absolute atomic E-state index is 5.54. The van der Waals surface area contributed by atoms with Gasteiger partial charge in [-0.3, -0.25) is 0 Å². The fourth-order valence-electron chi connectivity index (χ4n) is 2.19. The molecule has 17 heavy (non-hydrogen) atoms. The smallest absolute Gasteiger partial charge is 0.147 e. The molecule has 2 atom stereocenters. The van der Waals surface area contributed by atoms with Gasteiger partial charge in [0.05, 0.1) is 12.7 Å². The number of likely N-dealkylation sites (N-methyl/N-ethyl adjacent to an activating group) is 1. The van der Waals surface area contributed by atoms with Gasteiger partial charge in [-0.25, -0.2) is 0 Å². The number of ether oxygens (including phenoxy) is 2.